The average Bonchev–Trinajstić information content (AvgIpc) is 2.67. The third-order valence-electron chi connectivity index (χ3n) is 5.86. The van der Waals surface area contributed by atoms with Crippen molar-refractivity contribution in [3.05, 3.63) is 34.7 Å². The second-order valence-electron chi connectivity index (χ2n) is 8.08. The first kappa shape index (κ1) is 20.7. The minimum atomic E-state index is -0.371. The van der Waals surface area contributed by atoms with Gasteiger partial charge in [0.25, 0.3) is 0 Å². The molecule has 1 aromatic carbocycles. The molecular formula is C21H25ClFN5O2. The summed E-state index contributed by atoms with van der Waals surface area (Å²) in [5, 5.41) is 6.51. The summed E-state index contributed by atoms with van der Waals surface area (Å²) in [7, 11) is 1.86. The second kappa shape index (κ2) is 8.26. The zero-order chi connectivity index (χ0) is 21.4. The first-order chi connectivity index (χ1) is 14.3. The van der Waals surface area contributed by atoms with Crippen LogP contribution in [0.4, 0.5) is 21.8 Å². The maximum atomic E-state index is 13.1. The number of aromatic nitrogens is 2. The van der Waals surface area contributed by atoms with Gasteiger partial charge in [0.15, 0.2) is 5.82 Å². The average molecular weight is 434 g/mol. The lowest BCUT2D eigenvalue weighted by atomic mass is 9.75. The van der Waals surface area contributed by atoms with Crippen LogP contribution in [0.2, 0.25) is 5.02 Å². The van der Waals surface area contributed by atoms with E-state index in [0.29, 0.717) is 40.9 Å². The summed E-state index contributed by atoms with van der Waals surface area (Å²) >= 11 is 6.00. The third kappa shape index (κ3) is 4.14. The number of anilines is 3. The smallest absolute Gasteiger partial charge is 0.246 e. The molecule has 1 saturated carbocycles. The number of carbonyl (C=O) groups is 1. The maximum absolute atomic E-state index is 13.1. The highest BCUT2D eigenvalue weighted by molar-refractivity contribution is 6.32. The van der Waals surface area contributed by atoms with Gasteiger partial charge in [-0.2, -0.15) is 4.98 Å². The van der Waals surface area contributed by atoms with Gasteiger partial charge in [0, 0.05) is 13.6 Å². The number of benzene rings is 1. The summed E-state index contributed by atoms with van der Waals surface area (Å²) in [6.07, 6.45) is 2.06. The van der Waals surface area contributed by atoms with Crippen molar-refractivity contribution in [2.75, 3.05) is 35.7 Å². The monoisotopic (exact) mass is 433 g/mol. The Kier molecular flexibility index (Phi) is 5.69. The molecule has 0 radical (unpaired) electrons. The Morgan fingerprint density at radius 1 is 1.33 bits per heavy atom. The van der Waals surface area contributed by atoms with Crippen LogP contribution in [0, 0.1) is 24.6 Å². The van der Waals surface area contributed by atoms with Crippen molar-refractivity contribution in [3.63, 3.8) is 0 Å². The zero-order valence-corrected chi connectivity index (χ0v) is 18.0. The van der Waals surface area contributed by atoms with Crippen LogP contribution in [0.25, 0.3) is 0 Å². The Morgan fingerprint density at radius 2 is 2.10 bits per heavy atom. The van der Waals surface area contributed by atoms with Crippen LogP contribution >= 0.6 is 11.6 Å². The number of ether oxygens (including phenoxy) is 1. The number of likely N-dealkylation sites (N-methyl/N-ethyl adjacent to an activating group) is 1. The molecule has 30 heavy (non-hydrogen) atoms. The number of nitrogens with zero attached hydrogens (tertiary/aromatic N) is 3. The number of halogens is 2. The Balaban J connectivity index is 1.27. The van der Waals surface area contributed by atoms with E-state index in [1.165, 1.54) is 12.1 Å². The van der Waals surface area contributed by atoms with E-state index in [9.17, 15) is 9.18 Å². The lowest BCUT2D eigenvalue weighted by molar-refractivity contribution is -0.117. The highest BCUT2D eigenvalue weighted by atomic mass is 35.5. The predicted molar refractivity (Wildman–Crippen MR) is 115 cm³/mol. The molecule has 9 heteroatoms. The summed E-state index contributed by atoms with van der Waals surface area (Å²) in [5.41, 5.74) is 1.41. The number of fused-ring (bicyclic) bond motifs is 1. The molecule has 1 amide bonds. The SMILES string of the molecule is Cc1nc(NCC2CC(COc3ccc(F)cc3Cl)C2)nc2c1NC(=O)[C@H](C)N2C. The van der Waals surface area contributed by atoms with Gasteiger partial charge < -0.3 is 20.3 Å². The molecule has 0 unspecified atom stereocenters. The van der Waals surface area contributed by atoms with E-state index in [4.69, 9.17) is 16.3 Å². The predicted octanol–water partition coefficient (Wildman–Crippen LogP) is 3.87. The number of carbonyl (C=O) groups excluding carboxylic acids is 1. The van der Waals surface area contributed by atoms with Gasteiger partial charge in [0.2, 0.25) is 11.9 Å². The van der Waals surface area contributed by atoms with Gasteiger partial charge in [-0.05, 0) is 56.7 Å². The topological polar surface area (TPSA) is 79.4 Å². The van der Waals surface area contributed by atoms with Crippen molar-refractivity contribution in [2.24, 2.45) is 11.8 Å². The summed E-state index contributed by atoms with van der Waals surface area (Å²) in [6, 6.07) is 3.89. The highest BCUT2D eigenvalue weighted by Crippen LogP contribution is 2.36. The van der Waals surface area contributed by atoms with Gasteiger partial charge in [-0.1, -0.05) is 11.6 Å². The molecule has 1 atom stereocenters. The van der Waals surface area contributed by atoms with Crippen LogP contribution in [-0.4, -0.2) is 42.1 Å². The Bertz CT molecular complexity index is 967. The van der Waals surface area contributed by atoms with Gasteiger partial charge in [0.1, 0.15) is 23.3 Å². The molecule has 2 heterocycles. The first-order valence-electron chi connectivity index (χ1n) is 10.1. The molecule has 2 aromatic rings. The quantitative estimate of drug-likeness (QED) is 0.719. The number of amides is 1. The molecule has 2 aliphatic rings. The fraction of sp³-hybridized carbons (Fsp3) is 0.476. The van der Waals surface area contributed by atoms with E-state index in [0.717, 1.165) is 30.9 Å². The molecule has 4 rings (SSSR count). The molecule has 2 N–H and O–H groups in total. The van der Waals surface area contributed by atoms with Gasteiger partial charge >= 0.3 is 0 Å². The van der Waals surface area contributed by atoms with Gasteiger partial charge in [0.05, 0.1) is 17.3 Å². The number of rotatable bonds is 6. The summed E-state index contributed by atoms with van der Waals surface area (Å²) in [5.74, 6) is 2.35. The number of hydrogen-bond donors (Lipinski definition) is 2. The third-order valence-corrected chi connectivity index (χ3v) is 6.16. The van der Waals surface area contributed by atoms with Crippen molar-refractivity contribution in [1.29, 1.82) is 0 Å². The molecule has 0 spiro atoms. The number of aryl methyl sites for hydroxylation is 1. The molecule has 1 aliphatic heterocycles. The van der Waals surface area contributed by atoms with E-state index in [1.54, 1.807) is 6.07 Å². The van der Waals surface area contributed by atoms with E-state index < -0.39 is 0 Å². The lowest BCUT2D eigenvalue weighted by Crippen LogP contribution is -2.45. The van der Waals surface area contributed by atoms with Crippen LogP contribution in [-0.2, 0) is 4.79 Å². The van der Waals surface area contributed by atoms with Crippen LogP contribution in [0.1, 0.15) is 25.5 Å². The zero-order valence-electron chi connectivity index (χ0n) is 17.2. The standard InChI is InChI=1S/C21H25ClFN5O2/c1-11-18-19(28(3)12(2)20(29)26-18)27-21(25-11)24-9-13-6-14(7-13)10-30-17-5-4-15(23)8-16(17)22/h4-5,8,12-14H,6-7,9-10H2,1-3H3,(H,26,29)(H,24,25,27)/t12-,13?,14?/m0/s1. The summed E-state index contributed by atoms with van der Waals surface area (Å²) in [4.78, 5) is 23.0. The first-order valence-corrected chi connectivity index (χ1v) is 10.4. The number of hydrogen-bond acceptors (Lipinski definition) is 6. The fourth-order valence-corrected chi connectivity index (χ4v) is 4.06. The van der Waals surface area contributed by atoms with Crippen molar-refractivity contribution < 1.29 is 13.9 Å². The molecule has 0 bridgehead atoms. The fourth-order valence-electron chi connectivity index (χ4n) is 3.84. The highest BCUT2D eigenvalue weighted by Gasteiger charge is 2.32. The van der Waals surface area contributed by atoms with E-state index in [1.807, 2.05) is 25.8 Å². The Morgan fingerprint density at radius 3 is 2.83 bits per heavy atom. The van der Waals surface area contributed by atoms with Gasteiger partial charge in [-0.25, -0.2) is 9.37 Å². The van der Waals surface area contributed by atoms with Crippen molar-refractivity contribution >= 4 is 35.0 Å². The Labute approximate surface area is 180 Å². The molecular weight excluding hydrogens is 409 g/mol. The van der Waals surface area contributed by atoms with Crippen molar-refractivity contribution in [2.45, 2.75) is 32.7 Å². The van der Waals surface area contributed by atoms with Crippen LogP contribution in [0.5, 0.6) is 5.75 Å². The summed E-state index contributed by atoms with van der Waals surface area (Å²) in [6.45, 7) is 5.06. The second-order valence-corrected chi connectivity index (χ2v) is 8.48. The van der Waals surface area contributed by atoms with Crippen LogP contribution < -0.4 is 20.3 Å². The molecule has 7 nitrogen and oxygen atoms in total. The summed E-state index contributed by atoms with van der Waals surface area (Å²) < 4.78 is 18.8. The van der Waals surface area contributed by atoms with Gasteiger partial charge in [-0.3, -0.25) is 4.79 Å². The van der Waals surface area contributed by atoms with Crippen molar-refractivity contribution in [1.82, 2.24) is 9.97 Å². The minimum absolute atomic E-state index is 0.0536. The minimum Gasteiger partial charge on any atom is -0.492 e. The van der Waals surface area contributed by atoms with Crippen molar-refractivity contribution in [3.8, 4) is 5.75 Å². The molecule has 1 aliphatic carbocycles. The largest absolute Gasteiger partial charge is 0.492 e. The van der Waals surface area contributed by atoms with Crippen LogP contribution in [0.15, 0.2) is 18.2 Å². The lowest BCUT2D eigenvalue weighted by Gasteiger charge is -2.35. The molecule has 160 valence electrons. The Hall–Kier alpha value is -2.61. The number of nitrogens with one attached hydrogen (secondary N) is 2. The van der Waals surface area contributed by atoms with E-state index in [-0.39, 0.29) is 17.8 Å². The normalized spacial score (nSPS) is 22.8. The molecule has 1 aromatic heterocycles. The molecule has 1 fully saturated rings. The maximum Gasteiger partial charge on any atom is 0.246 e. The van der Waals surface area contributed by atoms with E-state index >= 15 is 0 Å². The van der Waals surface area contributed by atoms with Gasteiger partial charge in [-0.15, -0.1) is 0 Å². The van der Waals surface area contributed by atoms with Crippen LogP contribution in [0.3, 0.4) is 0 Å². The van der Waals surface area contributed by atoms with E-state index in [2.05, 4.69) is 20.6 Å². The molecule has 0 saturated heterocycles.